The lowest BCUT2D eigenvalue weighted by Crippen LogP contribution is -2.32. The minimum atomic E-state index is -0.0979. The van der Waals surface area contributed by atoms with Crippen LogP contribution in [0.4, 0.5) is 0 Å². The molecule has 2 nitrogen and oxygen atoms in total. The number of likely N-dealkylation sites (tertiary alicyclic amines) is 1. The van der Waals surface area contributed by atoms with Gasteiger partial charge in [-0.2, -0.15) is 0 Å². The summed E-state index contributed by atoms with van der Waals surface area (Å²) in [5.41, 5.74) is 1.20. The van der Waals surface area contributed by atoms with Crippen molar-refractivity contribution < 1.29 is 4.79 Å². The van der Waals surface area contributed by atoms with E-state index in [1.807, 2.05) is 0 Å². The van der Waals surface area contributed by atoms with E-state index in [-0.39, 0.29) is 10.8 Å². The van der Waals surface area contributed by atoms with Crippen LogP contribution in [0.5, 0.6) is 0 Å². The Bertz CT molecular complexity index is 403. The quantitative estimate of drug-likeness (QED) is 0.662. The van der Waals surface area contributed by atoms with Gasteiger partial charge in [0.25, 0.3) is 0 Å². The number of hydrogen-bond acceptors (Lipinski definition) is 2. The van der Waals surface area contributed by atoms with Crippen LogP contribution in [0.2, 0.25) is 0 Å². The first-order valence-corrected chi connectivity index (χ1v) is 7.47. The average Bonchev–Trinajstić information content (AvgIpc) is 2.65. The molecule has 0 spiro atoms. The van der Waals surface area contributed by atoms with Crippen LogP contribution in [0.3, 0.4) is 0 Å². The summed E-state index contributed by atoms with van der Waals surface area (Å²) in [6.45, 7) is 9.05. The molecular formula is C16H25NO. The van der Waals surface area contributed by atoms with Gasteiger partial charge in [-0.15, -0.1) is 0 Å². The third-order valence-electron chi connectivity index (χ3n) is 6.08. The van der Waals surface area contributed by atoms with E-state index in [1.54, 1.807) is 0 Å². The Kier molecular flexibility index (Phi) is 2.62. The average molecular weight is 247 g/mol. The number of carbonyl (C=O) groups excluding carboxylic acids is 1. The van der Waals surface area contributed by atoms with E-state index < -0.39 is 0 Å². The molecule has 0 amide bonds. The van der Waals surface area contributed by atoms with Gasteiger partial charge < -0.3 is 4.90 Å². The number of nitrogens with zero attached hydrogens (tertiary/aromatic N) is 1. The number of allylic oxidation sites excluding steroid dienone is 1. The van der Waals surface area contributed by atoms with Crippen molar-refractivity contribution in [2.24, 2.45) is 16.7 Å². The van der Waals surface area contributed by atoms with Gasteiger partial charge >= 0.3 is 0 Å². The van der Waals surface area contributed by atoms with E-state index in [9.17, 15) is 4.79 Å². The molecule has 3 fully saturated rings. The lowest BCUT2D eigenvalue weighted by molar-refractivity contribution is -0.125. The van der Waals surface area contributed by atoms with Gasteiger partial charge in [0.15, 0.2) is 5.78 Å². The van der Waals surface area contributed by atoms with E-state index in [1.165, 1.54) is 25.7 Å². The second kappa shape index (κ2) is 3.85. The molecule has 18 heavy (non-hydrogen) atoms. The van der Waals surface area contributed by atoms with Crippen LogP contribution in [0, 0.1) is 16.7 Å². The molecule has 2 heteroatoms. The lowest BCUT2D eigenvalue weighted by atomic mass is 9.70. The fraction of sp³-hybridized carbons (Fsp3) is 0.812. The van der Waals surface area contributed by atoms with Gasteiger partial charge in [-0.25, -0.2) is 0 Å². The SMILES string of the molecule is CC1(C)[C@@H]2CC[C@]1(C)C(=O)/C2=C/N1CCCCC1. The van der Waals surface area contributed by atoms with Crippen molar-refractivity contribution in [3.63, 3.8) is 0 Å². The summed E-state index contributed by atoms with van der Waals surface area (Å²) in [6, 6.07) is 0. The number of ketones is 1. The Morgan fingerprint density at radius 2 is 1.83 bits per heavy atom. The number of carbonyl (C=O) groups is 1. The van der Waals surface area contributed by atoms with E-state index >= 15 is 0 Å². The third-order valence-corrected chi connectivity index (χ3v) is 6.08. The molecule has 2 bridgehead atoms. The molecule has 2 saturated carbocycles. The number of piperidine rings is 1. The van der Waals surface area contributed by atoms with E-state index in [2.05, 4.69) is 31.9 Å². The van der Waals surface area contributed by atoms with Gasteiger partial charge in [0.1, 0.15) is 0 Å². The molecule has 1 heterocycles. The molecule has 2 atom stereocenters. The summed E-state index contributed by atoms with van der Waals surface area (Å²) in [5, 5.41) is 0. The minimum absolute atomic E-state index is 0.0979. The van der Waals surface area contributed by atoms with Crippen molar-refractivity contribution in [3.05, 3.63) is 11.8 Å². The second-order valence-electron chi connectivity index (χ2n) is 7.16. The second-order valence-corrected chi connectivity index (χ2v) is 7.16. The molecule has 0 aromatic carbocycles. The van der Waals surface area contributed by atoms with Crippen LogP contribution in [0.1, 0.15) is 52.9 Å². The Labute approximate surface area is 110 Å². The van der Waals surface area contributed by atoms with Crippen molar-refractivity contribution in [1.82, 2.24) is 4.90 Å². The Hall–Kier alpha value is -0.790. The monoisotopic (exact) mass is 247 g/mol. The van der Waals surface area contributed by atoms with Crippen LogP contribution < -0.4 is 0 Å². The standard InChI is InChI=1S/C16H25NO/c1-15(2)13-7-8-16(15,3)14(18)12(13)11-17-9-5-4-6-10-17/h11,13H,4-10H2,1-3H3/b12-11+/t13-,16-/m1/s1. The van der Waals surface area contributed by atoms with Crippen molar-refractivity contribution in [2.45, 2.75) is 52.9 Å². The van der Waals surface area contributed by atoms with Gasteiger partial charge in [0.2, 0.25) is 0 Å². The fourth-order valence-electron chi connectivity index (χ4n) is 4.32. The van der Waals surface area contributed by atoms with E-state index in [4.69, 9.17) is 0 Å². The molecule has 0 unspecified atom stereocenters. The summed E-state index contributed by atoms with van der Waals surface area (Å²) in [5.74, 6) is 0.936. The van der Waals surface area contributed by atoms with Crippen molar-refractivity contribution in [1.29, 1.82) is 0 Å². The first kappa shape index (κ1) is 12.3. The van der Waals surface area contributed by atoms with Crippen LogP contribution in [-0.4, -0.2) is 23.8 Å². The van der Waals surface area contributed by atoms with Crippen molar-refractivity contribution >= 4 is 5.78 Å². The summed E-state index contributed by atoms with van der Waals surface area (Å²) >= 11 is 0. The Morgan fingerprint density at radius 1 is 1.17 bits per heavy atom. The smallest absolute Gasteiger partial charge is 0.167 e. The predicted octanol–water partition coefficient (Wildman–Crippen LogP) is 3.38. The zero-order valence-corrected chi connectivity index (χ0v) is 12.0. The summed E-state index contributed by atoms with van der Waals surface area (Å²) in [7, 11) is 0. The molecular weight excluding hydrogens is 222 g/mol. The maximum Gasteiger partial charge on any atom is 0.167 e. The zero-order valence-electron chi connectivity index (χ0n) is 12.0. The number of fused-ring (bicyclic) bond motifs is 2. The molecule has 0 aromatic heterocycles. The van der Waals surface area contributed by atoms with E-state index in [0.29, 0.717) is 11.7 Å². The minimum Gasteiger partial charge on any atom is -0.377 e. The molecule has 2 aliphatic carbocycles. The molecule has 3 rings (SSSR count). The highest BCUT2D eigenvalue weighted by atomic mass is 16.1. The van der Waals surface area contributed by atoms with Gasteiger partial charge in [-0.1, -0.05) is 20.8 Å². The van der Waals surface area contributed by atoms with E-state index in [0.717, 1.165) is 25.1 Å². The Balaban J connectivity index is 1.90. The molecule has 0 aromatic rings. The van der Waals surface area contributed by atoms with Crippen LogP contribution >= 0.6 is 0 Å². The molecule has 0 radical (unpaired) electrons. The molecule has 3 aliphatic rings. The maximum atomic E-state index is 12.7. The van der Waals surface area contributed by atoms with Crippen molar-refractivity contribution in [3.8, 4) is 0 Å². The highest BCUT2D eigenvalue weighted by molar-refractivity contribution is 6.04. The lowest BCUT2D eigenvalue weighted by Gasteiger charge is -2.31. The number of Topliss-reactive ketones (excluding diaryl/α,β-unsaturated/α-hetero) is 1. The summed E-state index contributed by atoms with van der Waals surface area (Å²) in [4.78, 5) is 15.1. The Morgan fingerprint density at radius 3 is 2.39 bits per heavy atom. The van der Waals surface area contributed by atoms with Gasteiger partial charge in [-0.3, -0.25) is 4.79 Å². The predicted molar refractivity (Wildman–Crippen MR) is 73.1 cm³/mol. The van der Waals surface area contributed by atoms with Crippen LogP contribution in [0.25, 0.3) is 0 Å². The summed E-state index contributed by atoms with van der Waals surface area (Å²) in [6.07, 6.45) is 8.42. The van der Waals surface area contributed by atoms with Crippen LogP contribution in [-0.2, 0) is 4.79 Å². The molecule has 1 saturated heterocycles. The topological polar surface area (TPSA) is 20.3 Å². The molecule has 1 aliphatic heterocycles. The number of rotatable bonds is 1. The van der Waals surface area contributed by atoms with Crippen molar-refractivity contribution in [2.75, 3.05) is 13.1 Å². The maximum absolute atomic E-state index is 12.7. The first-order chi connectivity index (χ1) is 8.47. The highest BCUT2D eigenvalue weighted by Gasteiger charge is 2.64. The highest BCUT2D eigenvalue weighted by Crippen LogP contribution is 2.65. The fourth-order valence-corrected chi connectivity index (χ4v) is 4.32. The van der Waals surface area contributed by atoms with Crippen LogP contribution in [0.15, 0.2) is 11.8 Å². The largest absolute Gasteiger partial charge is 0.377 e. The molecule has 100 valence electrons. The zero-order chi connectivity index (χ0) is 13.0. The third kappa shape index (κ3) is 1.44. The van der Waals surface area contributed by atoms with Gasteiger partial charge in [0, 0.05) is 30.3 Å². The number of hydrogen-bond donors (Lipinski definition) is 0. The normalized spacial score (nSPS) is 40.8. The van der Waals surface area contributed by atoms with Gasteiger partial charge in [0.05, 0.1) is 0 Å². The van der Waals surface area contributed by atoms with Gasteiger partial charge in [-0.05, 0) is 43.4 Å². The first-order valence-electron chi connectivity index (χ1n) is 7.47. The summed E-state index contributed by atoms with van der Waals surface area (Å²) < 4.78 is 0. The molecule has 0 N–H and O–H groups in total.